The van der Waals surface area contributed by atoms with Gasteiger partial charge in [-0.3, -0.25) is 4.79 Å². The fraction of sp³-hybridized carbons (Fsp3) is 0.800. The highest BCUT2D eigenvalue weighted by Crippen LogP contribution is 2.04. The van der Waals surface area contributed by atoms with Gasteiger partial charge in [0.1, 0.15) is 6.04 Å². The molecular formula is C10H21NO3. The molecule has 0 aliphatic carbocycles. The number of hydrogen-bond acceptors (Lipinski definition) is 2. The molecule has 0 rings (SSSR count). The quantitative estimate of drug-likeness (QED) is 0.730. The van der Waals surface area contributed by atoms with E-state index in [1.54, 1.807) is 0 Å². The van der Waals surface area contributed by atoms with Crippen molar-refractivity contribution in [1.29, 1.82) is 0 Å². The molecule has 0 aliphatic rings. The van der Waals surface area contributed by atoms with Crippen LogP contribution in [0.1, 0.15) is 41.0 Å². The highest BCUT2D eigenvalue weighted by Gasteiger charge is 2.18. The number of rotatable bonds is 4. The summed E-state index contributed by atoms with van der Waals surface area (Å²) in [6, 6.07) is -0.748. The number of amides is 1. The molecule has 0 aromatic rings. The average molecular weight is 203 g/mol. The highest BCUT2D eigenvalue weighted by molar-refractivity contribution is 5.81. The summed E-state index contributed by atoms with van der Waals surface area (Å²) in [5.41, 5.74) is 0. The van der Waals surface area contributed by atoms with Crippen LogP contribution >= 0.6 is 0 Å². The SMILES string of the molecule is CC.CC(=O)NC(CC(C)C)C(=O)O. The van der Waals surface area contributed by atoms with Gasteiger partial charge in [0.05, 0.1) is 0 Å². The summed E-state index contributed by atoms with van der Waals surface area (Å²) in [7, 11) is 0. The Balaban J connectivity index is 0. The molecule has 0 spiro atoms. The van der Waals surface area contributed by atoms with Crippen molar-refractivity contribution in [2.75, 3.05) is 0 Å². The minimum atomic E-state index is -0.973. The van der Waals surface area contributed by atoms with Crippen LogP contribution in [-0.4, -0.2) is 23.0 Å². The van der Waals surface area contributed by atoms with Gasteiger partial charge in [0, 0.05) is 6.92 Å². The lowest BCUT2D eigenvalue weighted by Gasteiger charge is -2.14. The molecule has 1 amide bonds. The molecule has 4 heteroatoms. The third-order valence-electron chi connectivity index (χ3n) is 1.38. The molecule has 0 aromatic carbocycles. The average Bonchev–Trinajstić information content (AvgIpc) is 2.05. The molecule has 14 heavy (non-hydrogen) atoms. The topological polar surface area (TPSA) is 66.4 Å². The van der Waals surface area contributed by atoms with E-state index < -0.39 is 12.0 Å². The van der Waals surface area contributed by atoms with E-state index in [0.717, 1.165) is 0 Å². The minimum absolute atomic E-state index is 0.262. The van der Waals surface area contributed by atoms with E-state index in [-0.39, 0.29) is 11.8 Å². The van der Waals surface area contributed by atoms with Crippen molar-refractivity contribution in [2.45, 2.75) is 47.1 Å². The Morgan fingerprint density at radius 1 is 1.29 bits per heavy atom. The molecule has 0 saturated carbocycles. The van der Waals surface area contributed by atoms with Crippen LogP contribution in [0.4, 0.5) is 0 Å². The van der Waals surface area contributed by atoms with Crippen molar-refractivity contribution in [3.63, 3.8) is 0 Å². The van der Waals surface area contributed by atoms with Gasteiger partial charge >= 0.3 is 5.97 Å². The second-order valence-corrected chi connectivity index (χ2v) is 3.22. The van der Waals surface area contributed by atoms with Gasteiger partial charge in [-0.1, -0.05) is 27.7 Å². The number of carboxylic acids is 1. The van der Waals surface area contributed by atoms with E-state index in [9.17, 15) is 9.59 Å². The Kier molecular flexibility index (Phi) is 9.40. The molecule has 0 heterocycles. The van der Waals surface area contributed by atoms with Crippen LogP contribution in [-0.2, 0) is 9.59 Å². The number of carbonyl (C=O) groups excluding carboxylic acids is 1. The summed E-state index contributed by atoms with van der Waals surface area (Å²) < 4.78 is 0. The lowest BCUT2D eigenvalue weighted by Crippen LogP contribution is -2.40. The van der Waals surface area contributed by atoms with Crippen LogP contribution in [0, 0.1) is 5.92 Å². The zero-order valence-electron chi connectivity index (χ0n) is 9.63. The van der Waals surface area contributed by atoms with Gasteiger partial charge in [-0.15, -0.1) is 0 Å². The first-order valence-corrected chi connectivity index (χ1v) is 4.93. The summed E-state index contributed by atoms with van der Waals surface area (Å²) in [6.45, 7) is 9.14. The number of carbonyl (C=O) groups is 2. The van der Waals surface area contributed by atoms with Gasteiger partial charge in [-0.25, -0.2) is 4.79 Å². The molecule has 0 fully saturated rings. The first-order chi connectivity index (χ1) is 6.43. The fourth-order valence-electron chi connectivity index (χ4n) is 0.938. The van der Waals surface area contributed by atoms with Gasteiger partial charge in [-0.2, -0.15) is 0 Å². The molecule has 2 N–H and O–H groups in total. The second kappa shape index (κ2) is 8.53. The largest absolute Gasteiger partial charge is 0.480 e. The van der Waals surface area contributed by atoms with Crippen molar-refractivity contribution < 1.29 is 14.7 Å². The maximum absolute atomic E-state index is 10.6. The lowest BCUT2D eigenvalue weighted by atomic mass is 10.0. The third kappa shape index (κ3) is 9.03. The van der Waals surface area contributed by atoms with Crippen molar-refractivity contribution in [1.82, 2.24) is 5.32 Å². The van der Waals surface area contributed by atoms with Gasteiger partial charge in [-0.05, 0) is 12.3 Å². The maximum atomic E-state index is 10.6. The van der Waals surface area contributed by atoms with Crippen LogP contribution in [0.2, 0.25) is 0 Å². The maximum Gasteiger partial charge on any atom is 0.326 e. The second-order valence-electron chi connectivity index (χ2n) is 3.22. The van der Waals surface area contributed by atoms with Crippen LogP contribution in [0.15, 0.2) is 0 Å². The standard InChI is InChI=1S/C8H15NO3.C2H6/c1-5(2)4-7(8(11)12)9-6(3)10;1-2/h5,7H,4H2,1-3H3,(H,9,10)(H,11,12);1-2H3. The van der Waals surface area contributed by atoms with Crippen molar-refractivity contribution in [3.8, 4) is 0 Å². The van der Waals surface area contributed by atoms with E-state index in [1.165, 1.54) is 6.92 Å². The summed E-state index contributed by atoms with van der Waals surface area (Å²) in [5, 5.41) is 11.0. The lowest BCUT2D eigenvalue weighted by molar-refractivity contribution is -0.142. The third-order valence-corrected chi connectivity index (χ3v) is 1.38. The summed E-state index contributed by atoms with van der Waals surface area (Å²) in [5.74, 6) is -1.01. The molecule has 4 nitrogen and oxygen atoms in total. The zero-order valence-corrected chi connectivity index (χ0v) is 9.63. The van der Waals surface area contributed by atoms with Crippen LogP contribution in [0.3, 0.4) is 0 Å². The van der Waals surface area contributed by atoms with Crippen molar-refractivity contribution >= 4 is 11.9 Å². The number of carboxylic acid groups (broad SMARTS) is 1. The van der Waals surface area contributed by atoms with Gasteiger partial charge in [0.15, 0.2) is 0 Å². The van der Waals surface area contributed by atoms with Crippen molar-refractivity contribution in [2.24, 2.45) is 5.92 Å². The molecule has 0 saturated heterocycles. The molecule has 84 valence electrons. The van der Waals surface area contributed by atoms with Crippen LogP contribution < -0.4 is 5.32 Å². The predicted octanol–water partition coefficient (Wildman–Crippen LogP) is 1.65. The van der Waals surface area contributed by atoms with E-state index in [2.05, 4.69) is 5.32 Å². The van der Waals surface area contributed by atoms with Gasteiger partial charge < -0.3 is 10.4 Å². The normalized spacial score (nSPS) is 11.3. The summed E-state index contributed by atoms with van der Waals surface area (Å²) in [6.07, 6.45) is 0.467. The Labute approximate surface area is 85.7 Å². The molecule has 0 aromatic heterocycles. The van der Waals surface area contributed by atoms with Crippen LogP contribution in [0.5, 0.6) is 0 Å². The minimum Gasteiger partial charge on any atom is -0.480 e. The molecule has 0 radical (unpaired) electrons. The Hall–Kier alpha value is -1.06. The zero-order chi connectivity index (χ0) is 11.7. The number of nitrogens with one attached hydrogen (secondary N) is 1. The number of aliphatic carboxylic acids is 1. The Morgan fingerprint density at radius 2 is 1.71 bits per heavy atom. The summed E-state index contributed by atoms with van der Waals surface area (Å²) >= 11 is 0. The monoisotopic (exact) mass is 203 g/mol. The van der Waals surface area contributed by atoms with Gasteiger partial charge in [0.25, 0.3) is 0 Å². The first-order valence-electron chi connectivity index (χ1n) is 4.93. The molecule has 0 bridgehead atoms. The van der Waals surface area contributed by atoms with E-state index >= 15 is 0 Å². The van der Waals surface area contributed by atoms with E-state index in [4.69, 9.17) is 5.11 Å². The molecule has 1 unspecified atom stereocenters. The highest BCUT2D eigenvalue weighted by atomic mass is 16.4. The predicted molar refractivity (Wildman–Crippen MR) is 56.0 cm³/mol. The smallest absolute Gasteiger partial charge is 0.326 e. The molecule has 0 aliphatic heterocycles. The molecule has 1 atom stereocenters. The first kappa shape index (κ1) is 15.4. The van der Waals surface area contributed by atoms with E-state index in [1.807, 2.05) is 27.7 Å². The molecular weight excluding hydrogens is 182 g/mol. The Bertz CT molecular complexity index is 178. The van der Waals surface area contributed by atoms with Crippen molar-refractivity contribution in [3.05, 3.63) is 0 Å². The summed E-state index contributed by atoms with van der Waals surface area (Å²) in [4.78, 5) is 21.1. The van der Waals surface area contributed by atoms with Crippen LogP contribution in [0.25, 0.3) is 0 Å². The number of hydrogen-bond donors (Lipinski definition) is 2. The fourth-order valence-corrected chi connectivity index (χ4v) is 0.938. The Morgan fingerprint density at radius 3 is 1.93 bits per heavy atom. The van der Waals surface area contributed by atoms with E-state index in [0.29, 0.717) is 6.42 Å². The van der Waals surface area contributed by atoms with Gasteiger partial charge in [0.2, 0.25) is 5.91 Å².